The van der Waals surface area contributed by atoms with Gasteiger partial charge in [0.1, 0.15) is 0 Å². The Morgan fingerprint density at radius 2 is 1.81 bits per heavy atom. The first-order valence-electron chi connectivity index (χ1n) is 8.84. The van der Waals surface area contributed by atoms with Crippen LogP contribution in [0.25, 0.3) is 0 Å². The Hall–Kier alpha value is -2.18. The van der Waals surface area contributed by atoms with E-state index in [0.29, 0.717) is 19.4 Å². The Morgan fingerprint density at radius 3 is 2.54 bits per heavy atom. The van der Waals surface area contributed by atoms with Crippen molar-refractivity contribution in [3.63, 3.8) is 0 Å². The fourth-order valence-corrected chi connectivity index (χ4v) is 5.68. The standard InChI is InChI=1S/C20H22N2O3S/c1-26(24,25)22-14-13-20(16-9-5-6-10-17(16)21-19(20)23)18(22)12-11-15-7-3-2-4-8-15/h2-10,18H,11-14H2,1H3,(H,21,23)/t18-,20-/m0/s1. The number of hydrogen-bond donors (Lipinski definition) is 1. The van der Waals surface area contributed by atoms with Gasteiger partial charge in [0.25, 0.3) is 0 Å². The highest BCUT2D eigenvalue weighted by atomic mass is 32.2. The number of fused-ring (bicyclic) bond motifs is 2. The smallest absolute Gasteiger partial charge is 0.236 e. The van der Waals surface area contributed by atoms with Gasteiger partial charge in [0.15, 0.2) is 0 Å². The van der Waals surface area contributed by atoms with Crippen molar-refractivity contribution in [3.8, 4) is 0 Å². The average Bonchev–Trinajstić information content (AvgIpc) is 3.14. The Labute approximate surface area is 154 Å². The summed E-state index contributed by atoms with van der Waals surface area (Å²) in [7, 11) is -3.39. The summed E-state index contributed by atoms with van der Waals surface area (Å²) in [5.74, 6) is -0.0806. The molecule has 1 fully saturated rings. The number of carbonyl (C=O) groups is 1. The summed E-state index contributed by atoms with van der Waals surface area (Å²) in [5.41, 5.74) is 2.08. The van der Waals surface area contributed by atoms with Gasteiger partial charge < -0.3 is 5.32 Å². The van der Waals surface area contributed by atoms with Gasteiger partial charge in [0.2, 0.25) is 15.9 Å². The predicted octanol–water partition coefficient (Wildman–Crippen LogP) is 2.54. The van der Waals surface area contributed by atoms with Crippen molar-refractivity contribution in [2.75, 3.05) is 18.1 Å². The minimum atomic E-state index is -3.39. The molecule has 1 amide bonds. The number of aryl methyl sites for hydroxylation is 1. The van der Waals surface area contributed by atoms with E-state index in [0.717, 1.165) is 23.2 Å². The van der Waals surface area contributed by atoms with Crippen LogP contribution in [0.1, 0.15) is 24.0 Å². The molecule has 0 aromatic heterocycles. The molecule has 0 aliphatic carbocycles. The molecule has 4 rings (SSSR count). The third-order valence-corrected chi connectivity index (χ3v) is 6.97. The second-order valence-corrected chi connectivity index (χ2v) is 9.07. The molecule has 0 bridgehead atoms. The van der Waals surface area contributed by atoms with E-state index in [1.165, 1.54) is 10.6 Å². The van der Waals surface area contributed by atoms with Crippen molar-refractivity contribution < 1.29 is 13.2 Å². The highest BCUT2D eigenvalue weighted by Gasteiger charge is 2.59. The second-order valence-electron chi connectivity index (χ2n) is 7.13. The van der Waals surface area contributed by atoms with Gasteiger partial charge in [-0.3, -0.25) is 4.79 Å². The fourth-order valence-electron chi connectivity index (χ4n) is 4.51. The van der Waals surface area contributed by atoms with Crippen LogP contribution in [0.5, 0.6) is 0 Å². The maximum Gasteiger partial charge on any atom is 0.236 e. The van der Waals surface area contributed by atoms with Crippen LogP contribution in [0.15, 0.2) is 54.6 Å². The summed E-state index contributed by atoms with van der Waals surface area (Å²) in [6, 6.07) is 17.3. The lowest BCUT2D eigenvalue weighted by Gasteiger charge is -2.33. The van der Waals surface area contributed by atoms with Gasteiger partial charge in [-0.2, -0.15) is 4.31 Å². The molecule has 0 radical (unpaired) electrons. The third-order valence-electron chi connectivity index (χ3n) is 5.68. The summed E-state index contributed by atoms with van der Waals surface area (Å²) in [4.78, 5) is 13.0. The molecule has 2 aliphatic heterocycles. The molecular formula is C20H22N2O3S. The van der Waals surface area contributed by atoms with E-state index in [1.807, 2.05) is 54.6 Å². The van der Waals surface area contributed by atoms with Crippen LogP contribution >= 0.6 is 0 Å². The van der Waals surface area contributed by atoms with Crippen molar-refractivity contribution in [2.24, 2.45) is 0 Å². The van der Waals surface area contributed by atoms with Crippen LogP contribution in [0.4, 0.5) is 5.69 Å². The largest absolute Gasteiger partial charge is 0.325 e. The van der Waals surface area contributed by atoms with Crippen LogP contribution < -0.4 is 5.32 Å². The third kappa shape index (κ3) is 2.64. The molecule has 5 nitrogen and oxygen atoms in total. The first kappa shape index (κ1) is 17.2. The summed E-state index contributed by atoms with van der Waals surface area (Å²) in [5, 5.41) is 2.97. The molecule has 2 atom stereocenters. The maximum absolute atomic E-state index is 13.0. The Kier molecular flexibility index (Phi) is 4.12. The van der Waals surface area contributed by atoms with Crippen molar-refractivity contribution in [2.45, 2.75) is 30.7 Å². The van der Waals surface area contributed by atoms with E-state index in [1.54, 1.807) is 0 Å². The maximum atomic E-state index is 13.0. The molecule has 136 valence electrons. The van der Waals surface area contributed by atoms with Gasteiger partial charge in [-0.25, -0.2) is 8.42 Å². The summed E-state index contributed by atoms with van der Waals surface area (Å²) >= 11 is 0. The number of nitrogens with one attached hydrogen (secondary N) is 1. The number of anilines is 1. The summed E-state index contributed by atoms with van der Waals surface area (Å²) < 4.78 is 26.3. The number of carbonyl (C=O) groups excluding carboxylic acids is 1. The van der Waals surface area contributed by atoms with Crippen LogP contribution in [0, 0.1) is 0 Å². The Morgan fingerprint density at radius 1 is 1.12 bits per heavy atom. The van der Waals surface area contributed by atoms with Gasteiger partial charge in [-0.05, 0) is 36.5 Å². The SMILES string of the molecule is CS(=O)(=O)N1CC[C@@]2(C(=O)Nc3ccccc32)[C@@H]1CCc1ccccc1. The molecule has 6 heteroatoms. The number of sulfonamides is 1. The lowest BCUT2D eigenvalue weighted by Crippen LogP contribution is -2.48. The monoisotopic (exact) mass is 370 g/mol. The van der Waals surface area contributed by atoms with Crippen molar-refractivity contribution in [1.82, 2.24) is 4.31 Å². The van der Waals surface area contributed by atoms with E-state index in [-0.39, 0.29) is 11.9 Å². The quantitative estimate of drug-likeness (QED) is 0.899. The average molecular weight is 370 g/mol. The van der Waals surface area contributed by atoms with Gasteiger partial charge in [0, 0.05) is 18.3 Å². The summed E-state index contributed by atoms with van der Waals surface area (Å²) in [6.45, 7) is 0.375. The fraction of sp³-hybridized carbons (Fsp3) is 0.350. The van der Waals surface area contributed by atoms with Crippen LogP contribution in [0.3, 0.4) is 0 Å². The van der Waals surface area contributed by atoms with E-state index in [9.17, 15) is 13.2 Å². The zero-order valence-electron chi connectivity index (χ0n) is 14.7. The highest BCUT2D eigenvalue weighted by molar-refractivity contribution is 7.88. The van der Waals surface area contributed by atoms with Crippen LogP contribution in [0.2, 0.25) is 0 Å². The van der Waals surface area contributed by atoms with Crippen molar-refractivity contribution in [3.05, 3.63) is 65.7 Å². The molecule has 2 heterocycles. The number of benzene rings is 2. The molecule has 2 aromatic carbocycles. The molecule has 0 saturated carbocycles. The Balaban J connectivity index is 1.75. The molecule has 1 saturated heterocycles. The van der Waals surface area contributed by atoms with E-state index in [2.05, 4.69) is 5.32 Å². The molecule has 1 N–H and O–H groups in total. The minimum Gasteiger partial charge on any atom is -0.325 e. The van der Waals surface area contributed by atoms with Crippen LogP contribution in [-0.4, -0.2) is 37.5 Å². The van der Waals surface area contributed by atoms with Crippen LogP contribution in [-0.2, 0) is 26.7 Å². The lowest BCUT2D eigenvalue weighted by molar-refractivity contribution is -0.121. The molecular weight excluding hydrogens is 348 g/mol. The van der Waals surface area contributed by atoms with Gasteiger partial charge >= 0.3 is 0 Å². The van der Waals surface area contributed by atoms with Gasteiger partial charge in [0.05, 0.1) is 11.7 Å². The minimum absolute atomic E-state index is 0.0806. The van der Waals surface area contributed by atoms with E-state index in [4.69, 9.17) is 0 Å². The lowest BCUT2D eigenvalue weighted by atomic mass is 9.73. The first-order chi connectivity index (χ1) is 12.4. The topological polar surface area (TPSA) is 66.5 Å². The van der Waals surface area contributed by atoms with E-state index < -0.39 is 15.4 Å². The zero-order chi connectivity index (χ0) is 18.4. The number of rotatable bonds is 4. The molecule has 2 aliphatic rings. The number of amides is 1. The van der Waals surface area contributed by atoms with Crippen molar-refractivity contribution in [1.29, 1.82) is 0 Å². The molecule has 1 spiro atoms. The van der Waals surface area contributed by atoms with Gasteiger partial charge in [-0.1, -0.05) is 48.5 Å². The highest BCUT2D eigenvalue weighted by Crippen LogP contribution is 2.49. The molecule has 2 aromatic rings. The van der Waals surface area contributed by atoms with E-state index >= 15 is 0 Å². The molecule has 0 unspecified atom stereocenters. The molecule has 26 heavy (non-hydrogen) atoms. The van der Waals surface area contributed by atoms with Crippen molar-refractivity contribution >= 4 is 21.6 Å². The Bertz CT molecular complexity index is 943. The number of hydrogen-bond acceptors (Lipinski definition) is 3. The second kappa shape index (κ2) is 6.21. The number of nitrogens with zero attached hydrogens (tertiary/aromatic N) is 1. The number of para-hydroxylation sites is 1. The normalized spacial score (nSPS) is 25.4. The first-order valence-corrected chi connectivity index (χ1v) is 10.7. The predicted molar refractivity (Wildman–Crippen MR) is 101 cm³/mol. The zero-order valence-corrected chi connectivity index (χ0v) is 15.5. The summed E-state index contributed by atoms with van der Waals surface area (Å²) in [6.07, 6.45) is 3.09. The van der Waals surface area contributed by atoms with Gasteiger partial charge in [-0.15, -0.1) is 0 Å².